The summed E-state index contributed by atoms with van der Waals surface area (Å²) in [5, 5.41) is 9.40. The van der Waals surface area contributed by atoms with Gasteiger partial charge >= 0.3 is 0 Å². The van der Waals surface area contributed by atoms with Crippen molar-refractivity contribution in [1.29, 1.82) is 0 Å². The van der Waals surface area contributed by atoms with Gasteiger partial charge in [0.1, 0.15) is 5.75 Å². The summed E-state index contributed by atoms with van der Waals surface area (Å²) in [4.78, 5) is 16.6. The second-order valence-corrected chi connectivity index (χ2v) is 5.83. The highest BCUT2D eigenvalue weighted by molar-refractivity contribution is 5.95. The average Bonchev–Trinajstić information content (AvgIpc) is 3.15. The van der Waals surface area contributed by atoms with Crippen LogP contribution in [0, 0.1) is 0 Å². The number of hydrogen-bond donors (Lipinski definition) is 3. The number of hydrogen-bond acceptors (Lipinski definition) is 5. The quantitative estimate of drug-likeness (QED) is 0.783. The first-order chi connectivity index (χ1) is 12.2. The highest BCUT2D eigenvalue weighted by atomic mass is 16.5. The minimum absolute atomic E-state index is 0.0920. The molecule has 0 radical (unpaired) electrons. The van der Waals surface area contributed by atoms with Crippen molar-refractivity contribution >= 4 is 17.6 Å². The molecular weight excluding hydrogens is 316 g/mol. The number of benzene rings is 2. The summed E-state index contributed by atoms with van der Waals surface area (Å²) in [7, 11) is 1.60. The largest absolute Gasteiger partial charge is 0.497 e. The predicted octanol–water partition coefficient (Wildman–Crippen LogP) is 2.56. The molecule has 130 valence electrons. The summed E-state index contributed by atoms with van der Waals surface area (Å²) in [6.07, 6.45) is 0. The Balaban J connectivity index is 1.59. The normalized spacial score (nSPS) is 14.2. The molecule has 1 aliphatic heterocycles. The number of aliphatic imine (C=N–C) groups is 1. The molecule has 0 bridgehead atoms. The van der Waals surface area contributed by atoms with Crippen molar-refractivity contribution in [3.63, 3.8) is 0 Å². The van der Waals surface area contributed by atoms with E-state index in [4.69, 9.17) is 4.74 Å². The van der Waals surface area contributed by atoms with E-state index < -0.39 is 0 Å². The number of amides is 1. The zero-order valence-corrected chi connectivity index (χ0v) is 14.4. The first kappa shape index (κ1) is 16.8. The van der Waals surface area contributed by atoms with Gasteiger partial charge in [0.15, 0.2) is 5.96 Å². The molecule has 2 aromatic rings. The van der Waals surface area contributed by atoms with Gasteiger partial charge in [0.2, 0.25) is 0 Å². The average molecular weight is 338 g/mol. The molecule has 1 amide bonds. The summed E-state index contributed by atoms with van der Waals surface area (Å²) in [6, 6.07) is 14.9. The minimum Gasteiger partial charge on any atom is -0.497 e. The van der Waals surface area contributed by atoms with E-state index in [9.17, 15) is 4.79 Å². The number of carbonyl (C=O) groups excluding carboxylic acids is 1. The molecule has 0 saturated heterocycles. The van der Waals surface area contributed by atoms with Gasteiger partial charge in [-0.25, -0.2) is 0 Å². The second-order valence-electron chi connectivity index (χ2n) is 5.83. The Morgan fingerprint density at radius 3 is 2.48 bits per heavy atom. The van der Waals surface area contributed by atoms with Crippen molar-refractivity contribution in [2.24, 2.45) is 4.99 Å². The van der Waals surface area contributed by atoms with Crippen LogP contribution >= 0.6 is 0 Å². The van der Waals surface area contributed by atoms with Crippen LogP contribution in [-0.2, 0) is 0 Å². The second kappa shape index (κ2) is 7.70. The summed E-state index contributed by atoms with van der Waals surface area (Å²) >= 11 is 0. The van der Waals surface area contributed by atoms with Gasteiger partial charge in [-0.3, -0.25) is 9.79 Å². The lowest BCUT2D eigenvalue weighted by molar-refractivity contribution is 0.0940. The van der Waals surface area contributed by atoms with E-state index in [-0.39, 0.29) is 11.9 Å². The topological polar surface area (TPSA) is 74.8 Å². The van der Waals surface area contributed by atoms with E-state index in [1.807, 2.05) is 31.2 Å². The summed E-state index contributed by atoms with van der Waals surface area (Å²) in [5.74, 6) is 1.42. The SMILES string of the molecule is COc1ccc(C(=O)N[C@@H](C)c2ccc(NC3=NCCN3)cc2)cc1. The molecule has 2 aromatic carbocycles. The standard InChI is InChI=1S/C19H22N4O2/c1-13(22-18(24)15-5-9-17(25-2)10-6-15)14-3-7-16(8-4-14)23-19-20-11-12-21-19/h3-10,13H,11-12H2,1-2H3,(H,22,24)(H2,20,21,23)/t13-/m0/s1. The molecule has 0 unspecified atom stereocenters. The zero-order chi connectivity index (χ0) is 17.6. The van der Waals surface area contributed by atoms with Crippen LogP contribution in [0.1, 0.15) is 28.9 Å². The van der Waals surface area contributed by atoms with Gasteiger partial charge in [0.05, 0.1) is 19.7 Å². The Morgan fingerprint density at radius 2 is 1.88 bits per heavy atom. The third-order valence-electron chi connectivity index (χ3n) is 4.05. The molecule has 0 fully saturated rings. The summed E-state index contributed by atoms with van der Waals surface area (Å²) in [5.41, 5.74) is 2.61. The molecule has 0 saturated carbocycles. The van der Waals surface area contributed by atoms with Crippen molar-refractivity contribution in [2.75, 3.05) is 25.5 Å². The lowest BCUT2D eigenvalue weighted by Gasteiger charge is -2.15. The lowest BCUT2D eigenvalue weighted by atomic mass is 10.1. The molecule has 0 aromatic heterocycles. The van der Waals surface area contributed by atoms with Crippen LogP contribution in [0.15, 0.2) is 53.5 Å². The third-order valence-corrected chi connectivity index (χ3v) is 4.05. The number of nitrogens with one attached hydrogen (secondary N) is 3. The molecule has 1 atom stereocenters. The van der Waals surface area contributed by atoms with Gasteiger partial charge < -0.3 is 20.7 Å². The number of ether oxygens (including phenoxy) is 1. The Bertz CT molecular complexity index is 754. The lowest BCUT2D eigenvalue weighted by Crippen LogP contribution is -2.27. The Hall–Kier alpha value is -3.02. The summed E-state index contributed by atoms with van der Waals surface area (Å²) < 4.78 is 5.11. The number of nitrogens with zero attached hydrogens (tertiary/aromatic N) is 1. The van der Waals surface area contributed by atoms with E-state index in [1.54, 1.807) is 31.4 Å². The van der Waals surface area contributed by atoms with E-state index in [0.29, 0.717) is 5.56 Å². The van der Waals surface area contributed by atoms with E-state index >= 15 is 0 Å². The van der Waals surface area contributed by atoms with Crippen LogP contribution in [-0.4, -0.2) is 32.1 Å². The predicted molar refractivity (Wildman–Crippen MR) is 99.2 cm³/mol. The molecule has 1 heterocycles. The van der Waals surface area contributed by atoms with Crippen molar-refractivity contribution in [3.05, 3.63) is 59.7 Å². The number of carbonyl (C=O) groups is 1. The van der Waals surface area contributed by atoms with Crippen LogP contribution in [0.3, 0.4) is 0 Å². The molecule has 3 rings (SSSR count). The molecule has 25 heavy (non-hydrogen) atoms. The first-order valence-electron chi connectivity index (χ1n) is 8.26. The Kier molecular flexibility index (Phi) is 5.18. The summed E-state index contributed by atoms with van der Waals surface area (Å²) in [6.45, 7) is 3.64. The van der Waals surface area contributed by atoms with Crippen LogP contribution in [0.5, 0.6) is 5.75 Å². The molecule has 6 nitrogen and oxygen atoms in total. The van der Waals surface area contributed by atoms with Crippen LogP contribution < -0.4 is 20.7 Å². The van der Waals surface area contributed by atoms with Gasteiger partial charge in [-0.2, -0.15) is 0 Å². The van der Waals surface area contributed by atoms with Gasteiger partial charge in [0, 0.05) is 17.8 Å². The molecule has 0 spiro atoms. The molecule has 1 aliphatic rings. The smallest absolute Gasteiger partial charge is 0.251 e. The molecular formula is C19H22N4O2. The monoisotopic (exact) mass is 338 g/mol. The van der Waals surface area contributed by atoms with E-state index in [0.717, 1.165) is 36.0 Å². The Morgan fingerprint density at radius 1 is 1.16 bits per heavy atom. The first-order valence-corrected chi connectivity index (χ1v) is 8.26. The fourth-order valence-corrected chi connectivity index (χ4v) is 2.58. The fraction of sp³-hybridized carbons (Fsp3) is 0.263. The highest BCUT2D eigenvalue weighted by Gasteiger charge is 2.12. The van der Waals surface area contributed by atoms with Crippen LogP contribution in [0.25, 0.3) is 0 Å². The number of methoxy groups -OCH3 is 1. The van der Waals surface area contributed by atoms with Crippen molar-refractivity contribution < 1.29 is 9.53 Å². The number of rotatable bonds is 5. The van der Waals surface area contributed by atoms with Crippen LogP contribution in [0.4, 0.5) is 5.69 Å². The number of guanidine groups is 1. The van der Waals surface area contributed by atoms with E-state index in [1.165, 1.54) is 0 Å². The van der Waals surface area contributed by atoms with Crippen LogP contribution in [0.2, 0.25) is 0 Å². The Labute approximate surface area is 147 Å². The van der Waals surface area contributed by atoms with E-state index in [2.05, 4.69) is 20.9 Å². The van der Waals surface area contributed by atoms with Crippen molar-refractivity contribution in [3.8, 4) is 5.75 Å². The maximum absolute atomic E-state index is 12.3. The minimum atomic E-state index is -0.109. The maximum Gasteiger partial charge on any atom is 0.251 e. The van der Waals surface area contributed by atoms with Gasteiger partial charge in [-0.15, -0.1) is 0 Å². The molecule has 6 heteroatoms. The fourth-order valence-electron chi connectivity index (χ4n) is 2.58. The molecule has 3 N–H and O–H groups in total. The molecule has 0 aliphatic carbocycles. The highest BCUT2D eigenvalue weighted by Crippen LogP contribution is 2.17. The van der Waals surface area contributed by atoms with Gasteiger partial charge in [-0.05, 0) is 48.9 Å². The van der Waals surface area contributed by atoms with Crippen molar-refractivity contribution in [2.45, 2.75) is 13.0 Å². The zero-order valence-electron chi connectivity index (χ0n) is 14.4. The van der Waals surface area contributed by atoms with Gasteiger partial charge in [0.25, 0.3) is 5.91 Å². The third kappa shape index (κ3) is 4.29. The van der Waals surface area contributed by atoms with Crippen molar-refractivity contribution in [1.82, 2.24) is 10.6 Å². The maximum atomic E-state index is 12.3. The van der Waals surface area contributed by atoms with Gasteiger partial charge in [-0.1, -0.05) is 12.1 Å². The number of anilines is 1.